The number of carbonyl (C=O) groups is 2. The van der Waals surface area contributed by atoms with Gasteiger partial charge in [0, 0.05) is 51.4 Å². The second kappa shape index (κ2) is 13.7. The number of nitrogens with zero attached hydrogens (tertiary/aromatic N) is 1. The lowest BCUT2D eigenvalue weighted by Crippen LogP contribution is -2.47. The molecule has 2 amide bonds. The van der Waals surface area contributed by atoms with Gasteiger partial charge < -0.3 is 25.4 Å². The van der Waals surface area contributed by atoms with E-state index in [1.165, 1.54) is 0 Å². The van der Waals surface area contributed by atoms with Crippen LogP contribution < -0.4 is 16.0 Å². The molecule has 0 spiro atoms. The van der Waals surface area contributed by atoms with Crippen molar-refractivity contribution in [3.8, 4) is 0 Å². The number of halogens is 2. The highest BCUT2D eigenvalue weighted by Crippen LogP contribution is 2.11. The maximum atomic E-state index is 12.2. The molecule has 2 aliphatic rings. The predicted octanol–water partition coefficient (Wildman–Crippen LogP) is 0.796. The van der Waals surface area contributed by atoms with Gasteiger partial charge in [0.15, 0.2) is 0 Å². The van der Waals surface area contributed by atoms with Gasteiger partial charge >= 0.3 is 0 Å². The molecule has 3 N–H and O–H groups in total. The van der Waals surface area contributed by atoms with Crippen molar-refractivity contribution < 1.29 is 19.1 Å². The zero-order chi connectivity index (χ0) is 18.9. The van der Waals surface area contributed by atoms with Crippen LogP contribution in [-0.2, 0) is 25.6 Å². The van der Waals surface area contributed by atoms with E-state index in [9.17, 15) is 9.59 Å². The highest BCUT2D eigenvalue weighted by Gasteiger charge is 2.21. The second-order valence-electron chi connectivity index (χ2n) is 6.73. The van der Waals surface area contributed by atoms with Crippen LogP contribution in [0.5, 0.6) is 0 Å². The average molecular weight is 449 g/mol. The van der Waals surface area contributed by atoms with Crippen LogP contribution in [0.3, 0.4) is 0 Å². The molecule has 0 aliphatic carbocycles. The van der Waals surface area contributed by atoms with Gasteiger partial charge in [0.2, 0.25) is 5.91 Å². The summed E-state index contributed by atoms with van der Waals surface area (Å²) in [7, 11) is 0. The van der Waals surface area contributed by atoms with Gasteiger partial charge in [-0.25, -0.2) is 0 Å². The maximum Gasteiger partial charge on any atom is 0.250 e. The Labute approximate surface area is 183 Å². The van der Waals surface area contributed by atoms with E-state index in [-0.39, 0.29) is 36.6 Å². The normalized spacial score (nSPS) is 19.4. The molecule has 0 radical (unpaired) electrons. The van der Waals surface area contributed by atoms with Crippen molar-refractivity contribution in [2.45, 2.75) is 19.1 Å². The Balaban J connectivity index is 0.00000210. The van der Waals surface area contributed by atoms with Crippen LogP contribution in [0.15, 0.2) is 24.3 Å². The number of nitrogens with one attached hydrogen (secondary N) is 3. The van der Waals surface area contributed by atoms with Gasteiger partial charge in [0.05, 0.1) is 19.8 Å². The molecule has 2 saturated heterocycles. The number of benzene rings is 1. The minimum atomic E-state index is -0.443. The van der Waals surface area contributed by atoms with Gasteiger partial charge in [-0.3, -0.25) is 14.5 Å². The largest absolute Gasteiger partial charge is 0.379 e. The van der Waals surface area contributed by atoms with E-state index >= 15 is 0 Å². The first-order valence-corrected chi connectivity index (χ1v) is 9.49. The molecule has 3 rings (SSSR count). The molecule has 1 atom stereocenters. The standard InChI is InChI=1S/C19H28N4O4.2ClH/c24-18(4-6-23-7-10-26-11-8-23)22-16-3-1-2-15(12-16)13-21-19(25)17-14-20-5-9-27-17;;/h1-3,12,17,20H,4-11,13-14H2,(H,21,25)(H,22,24);2*1H. The Morgan fingerprint density at radius 2 is 1.97 bits per heavy atom. The molecule has 164 valence electrons. The highest BCUT2D eigenvalue weighted by atomic mass is 35.5. The van der Waals surface area contributed by atoms with Crippen LogP contribution in [-0.4, -0.2) is 75.4 Å². The fourth-order valence-electron chi connectivity index (χ4n) is 3.10. The molecule has 2 heterocycles. The summed E-state index contributed by atoms with van der Waals surface area (Å²) in [5.74, 6) is -0.133. The van der Waals surface area contributed by atoms with E-state index < -0.39 is 6.10 Å². The van der Waals surface area contributed by atoms with Crippen molar-refractivity contribution in [3.63, 3.8) is 0 Å². The highest BCUT2D eigenvalue weighted by molar-refractivity contribution is 5.90. The SMILES string of the molecule is Cl.Cl.O=C(CCN1CCOCC1)Nc1cccc(CNC(=O)C2CNCCO2)c1. The van der Waals surface area contributed by atoms with Gasteiger partial charge in [0.1, 0.15) is 6.10 Å². The summed E-state index contributed by atoms with van der Waals surface area (Å²) in [6.07, 6.45) is 0.00861. The molecule has 1 unspecified atom stereocenters. The molecule has 0 saturated carbocycles. The zero-order valence-electron chi connectivity index (χ0n) is 16.4. The summed E-state index contributed by atoms with van der Waals surface area (Å²) in [4.78, 5) is 26.5. The topological polar surface area (TPSA) is 91.9 Å². The van der Waals surface area contributed by atoms with Crippen molar-refractivity contribution in [1.29, 1.82) is 0 Å². The van der Waals surface area contributed by atoms with Gasteiger partial charge in [0.25, 0.3) is 5.91 Å². The molecule has 29 heavy (non-hydrogen) atoms. The van der Waals surface area contributed by atoms with Gasteiger partial charge in [-0.2, -0.15) is 0 Å². The summed E-state index contributed by atoms with van der Waals surface area (Å²) in [6.45, 7) is 6.21. The van der Waals surface area contributed by atoms with Crippen molar-refractivity contribution in [2.75, 3.05) is 57.9 Å². The van der Waals surface area contributed by atoms with E-state index in [1.54, 1.807) is 0 Å². The van der Waals surface area contributed by atoms with Gasteiger partial charge in [-0.1, -0.05) is 12.1 Å². The van der Waals surface area contributed by atoms with Crippen LogP contribution in [0, 0.1) is 0 Å². The minimum Gasteiger partial charge on any atom is -0.379 e. The minimum absolute atomic E-state index is 0. The third-order valence-electron chi connectivity index (χ3n) is 4.66. The summed E-state index contributed by atoms with van der Waals surface area (Å²) in [5.41, 5.74) is 1.67. The number of morpholine rings is 2. The van der Waals surface area contributed by atoms with E-state index in [0.717, 1.165) is 50.6 Å². The first-order chi connectivity index (χ1) is 13.2. The first kappa shape index (κ1) is 25.6. The fraction of sp³-hybridized carbons (Fsp3) is 0.579. The molecular formula is C19H30Cl2N4O4. The summed E-state index contributed by atoms with van der Waals surface area (Å²) in [6, 6.07) is 7.53. The number of rotatable bonds is 7. The van der Waals surface area contributed by atoms with Crippen molar-refractivity contribution in [3.05, 3.63) is 29.8 Å². The molecular weight excluding hydrogens is 419 g/mol. The lowest BCUT2D eigenvalue weighted by molar-refractivity contribution is -0.134. The monoisotopic (exact) mass is 448 g/mol. The lowest BCUT2D eigenvalue weighted by atomic mass is 10.2. The number of hydrogen-bond acceptors (Lipinski definition) is 6. The third-order valence-corrected chi connectivity index (χ3v) is 4.66. The molecule has 0 bridgehead atoms. The van der Waals surface area contributed by atoms with Crippen LogP contribution in [0.4, 0.5) is 5.69 Å². The fourth-order valence-corrected chi connectivity index (χ4v) is 3.10. The second-order valence-corrected chi connectivity index (χ2v) is 6.73. The van der Waals surface area contributed by atoms with E-state index in [0.29, 0.717) is 26.1 Å². The Bertz CT molecular complexity index is 638. The number of carbonyl (C=O) groups excluding carboxylic acids is 2. The van der Waals surface area contributed by atoms with Crippen molar-refractivity contribution in [2.24, 2.45) is 0 Å². The Hall–Kier alpha value is -1.42. The van der Waals surface area contributed by atoms with E-state index in [4.69, 9.17) is 9.47 Å². The molecule has 1 aromatic rings. The molecule has 0 aromatic heterocycles. The molecule has 8 nitrogen and oxygen atoms in total. The van der Waals surface area contributed by atoms with Gasteiger partial charge in [-0.05, 0) is 17.7 Å². The summed E-state index contributed by atoms with van der Waals surface area (Å²) >= 11 is 0. The number of amides is 2. The zero-order valence-corrected chi connectivity index (χ0v) is 18.0. The number of hydrogen-bond donors (Lipinski definition) is 3. The smallest absolute Gasteiger partial charge is 0.250 e. The Morgan fingerprint density at radius 3 is 2.69 bits per heavy atom. The van der Waals surface area contributed by atoms with Crippen LogP contribution in [0.2, 0.25) is 0 Å². The Kier molecular flexibility index (Phi) is 12.1. The van der Waals surface area contributed by atoms with Crippen molar-refractivity contribution in [1.82, 2.24) is 15.5 Å². The molecule has 2 aliphatic heterocycles. The number of ether oxygens (including phenoxy) is 2. The van der Waals surface area contributed by atoms with Gasteiger partial charge in [-0.15, -0.1) is 24.8 Å². The quantitative estimate of drug-likeness (QED) is 0.571. The van der Waals surface area contributed by atoms with Crippen LogP contribution in [0.25, 0.3) is 0 Å². The lowest BCUT2D eigenvalue weighted by Gasteiger charge is -2.26. The summed E-state index contributed by atoms with van der Waals surface area (Å²) in [5, 5.41) is 8.95. The molecule has 2 fully saturated rings. The number of anilines is 1. The van der Waals surface area contributed by atoms with Crippen LogP contribution >= 0.6 is 24.8 Å². The van der Waals surface area contributed by atoms with Crippen LogP contribution in [0.1, 0.15) is 12.0 Å². The van der Waals surface area contributed by atoms with Crippen molar-refractivity contribution >= 4 is 42.3 Å². The molecule has 1 aromatic carbocycles. The van der Waals surface area contributed by atoms with E-state index in [1.807, 2.05) is 24.3 Å². The Morgan fingerprint density at radius 1 is 1.17 bits per heavy atom. The maximum absolute atomic E-state index is 12.2. The predicted molar refractivity (Wildman–Crippen MR) is 116 cm³/mol. The van der Waals surface area contributed by atoms with E-state index in [2.05, 4.69) is 20.9 Å². The third kappa shape index (κ3) is 8.86. The first-order valence-electron chi connectivity index (χ1n) is 9.49. The molecule has 10 heteroatoms. The summed E-state index contributed by atoms with van der Waals surface area (Å²) < 4.78 is 10.7. The average Bonchev–Trinajstić information content (AvgIpc) is 2.72.